The van der Waals surface area contributed by atoms with Gasteiger partial charge in [0.1, 0.15) is 17.3 Å². The van der Waals surface area contributed by atoms with Gasteiger partial charge in [0.15, 0.2) is 0 Å². The number of aromatic nitrogens is 1. The number of benzene rings is 1. The highest BCUT2D eigenvalue weighted by molar-refractivity contribution is 9.10. The fraction of sp³-hybridized carbons (Fsp3) is 0. The number of rotatable bonds is 2. The van der Waals surface area contributed by atoms with Gasteiger partial charge >= 0.3 is 0 Å². The summed E-state index contributed by atoms with van der Waals surface area (Å²) in [6.07, 6.45) is 3.20. The first-order valence-corrected chi connectivity index (χ1v) is 5.97. The van der Waals surface area contributed by atoms with E-state index in [0.717, 1.165) is 4.47 Å². The van der Waals surface area contributed by atoms with Gasteiger partial charge in [-0.05, 0) is 50.1 Å². The summed E-state index contributed by atoms with van der Waals surface area (Å²) in [6.45, 7) is 0. The van der Waals surface area contributed by atoms with Crippen molar-refractivity contribution in [2.45, 2.75) is 0 Å². The number of halogens is 3. The van der Waals surface area contributed by atoms with Crippen LogP contribution in [-0.4, -0.2) is 4.98 Å². The minimum absolute atomic E-state index is 0.346. The molecule has 2 nitrogen and oxygen atoms in total. The predicted octanol–water partition coefficient (Wildman–Crippen LogP) is 4.54. The largest absolute Gasteiger partial charge is 0.454 e. The van der Waals surface area contributed by atoms with E-state index in [2.05, 4.69) is 36.8 Å². The van der Waals surface area contributed by atoms with Crippen molar-refractivity contribution in [2.75, 3.05) is 0 Å². The summed E-state index contributed by atoms with van der Waals surface area (Å²) in [6, 6.07) is 6.02. The first-order valence-electron chi connectivity index (χ1n) is 4.38. The summed E-state index contributed by atoms with van der Waals surface area (Å²) in [4.78, 5) is 3.95. The summed E-state index contributed by atoms with van der Waals surface area (Å²) < 4.78 is 20.0. The number of pyridine rings is 1. The van der Waals surface area contributed by atoms with Crippen LogP contribution in [0.4, 0.5) is 4.39 Å². The molecule has 0 spiro atoms. The second-order valence-electron chi connectivity index (χ2n) is 3.02. The van der Waals surface area contributed by atoms with Crippen molar-refractivity contribution in [1.82, 2.24) is 4.98 Å². The zero-order chi connectivity index (χ0) is 11.5. The minimum Gasteiger partial charge on any atom is -0.454 e. The van der Waals surface area contributed by atoms with Crippen LogP contribution in [0.1, 0.15) is 0 Å². The topological polar surface area (TPSA) is 22.1 Å². The van der Waals surface area contributed by atoms with Crippen LogP contribution in [0.2, 0.25) is 0 Å². The first-order chi connectivity index (χ1) is 7.65. The van der Waals surface area contributed by atoms with Crippen molar-refractivity contribution < 1.29 is 9.13 Å². The quantitative estimate of drug-likeness (QED) is 0.796. The van der Waals surface area contributed by atoms with Crippen molar-refractivity contribution in [3.05, 3.63) is 51.4 Å². The molecule has 0 aliphatic carbocycles. The predicted molar refractivity (Wildman–Crippen MR) is 66.1 cm³/mol. The highest BCUT2D eigenvalue weighted by Crippen LogP contribution is 2.30. The van der Waals surface area contributed by atoms with E-state index in [4.69, 9.17) is 4.74 Å². The Labute approximate surface area is 109 Å². The van der Waals surface area contributed by atoms with Gasteiger partial charge in [-0.3, -0.25) is 4.98 Å². The summed E-state index contributed by atoms with van der Waals surface area (Å²) in [5.41, 5.74) is 0. The van der Waals surface area contributed by atoms with Crippen LogP contribution in [0.3, 0.4) is 0 Å². The SMILES string of the molecule is Fc1ccc(Br)c(Oc2cncc(Br)c2)c1. The highest BCUT2D eigenvalue weighted by Gasteiger charge is 2.05. The van der Waals surface area contributed by atoms with Crippen molar-refractivity contribution in [1.29, 1.82) is 0 Å². The summed E-state index contributed by atoms with van der Waals surface area (Å²) in [5, 5.41) is 0. The minimum atomic E-state index is -0.346. The number of ether oxygens (including phenoxy) is 1. The van der Waals surface area contributed by atoms with E-state index in [-0.39, 0.29) is 5.82 Å². The molecule has 0 radical (unpaired) electrons. The summed E-state index contributed by atoms with van der Waals surface area (Å²) >= 11 is 6.56. The molecule has 1 aromatic heterocycles. The number of nitrogens with zero attached hydrogens (tertiary/aromatic N) is 1. The van der Waals surface area contributed by atoms with E-state index < -0.39 is 0 Å². The van der Waals surface area contributed by atoms with Crippen LogP contribution in [0.5, 0.6) is 11.5 Å². The monoisotopic (exact) mass is 345 g/mol. The maximum atomic E-state index is 13.0. The molecule has 1 heterocycles. The Balaban J connectivity index is 2.30. The van der Waals surface area contributed by atoms with Gasteiger partial charge in [0.25, 0.3) is 0 Å². The van der Waals surface area contributed by atoms with Crippen LogP contribution < -0.4 is 4.74 Å². The van der Waals surface area contributed by atoms with Gasteiger partial charge in [-0.2, -0.15) is 0 Å². The summed E-state index contributed by atoms with van der Waals surface area (Å²) in [7, 11) is 0. The fourth-order valence-electron chi connectivity index (χ4n) is 1.13. The third-order valence-corrected chi connectivity index (χ3v) is 2.89. The molecule has 0 unspecified atom stereocenters. The first kappa shape index (κ1) is 11.5. The van der Waals surface area contributed by atoms with Crippen LogP contribution in [0.15, 0.2) is 45.6 Å². The molecule has 1 aromatic carbocycles. The van der Waals surface area contributed by atoms with Gasteiger partial charge in [-0.1, -0.05) is 0 Å². The van der Waals surface area contributed by atoms with Gasteiger partial charge in [0.05, 0.1) is 10.7 Å². The van der Waals surface area contributed by atoms with E-state index >= 15 is 0 Å². The van der Waals surface area contributed by atoms with Crippen molar-refractivity contribution in [3.8, 4) is 11.5 Å². The van der Waals surface area contributed by atoms with Crippen LogP contribution >= 0.6 is 31.9 Å². The maximum absolute atomic E-state index is 13.0. The van der Waals surface area contributed by atoms with E-state index in [0.29, 0.717) is 16.0 Å². The normalized spacial score (nSPS) is 10.2. The molecule has 0 aliphatic rings. The molecule has 0 atom stereocenters. The Morgan fingerprint density at radius 1 is 1.12 bits per heavy atom. The van der Waals surface area contributed by atoms with E-state index in [9.17, 15) is 4.39 Å². The third-order valence-electron chi connectivity index (χ3n) is 1.80. The highest BCUT2D eigenvalue weighted by atomic mass is 79.9. The average molecular weight is 347 g/mol. The smallest absolute Gasteiger partial charge is 0.146 e. The molecule has 0 amide bonds. The molecular formula is C11H6Br2FNO. The fourth-order valence-corrected chi connectivity index (χ4v) is 1.80. The Hall–Kier alpha value is -0.940. The molecule has 0 N–H and O–H groups in total. The zero-order valence-corrected chi connectivity index (χ0v) is 11.1. The Kier molecular flexibility index (Phi) is 3.56. The van der Waals surface area contributed by atoms with Gasteiger partial charge in [-0.15, -0.1) is 0 Å². The van der Waals surface area contributed by atoms with Gasteiger partial charge in [0, 0.05) is 16.7 Å². The van der Waals surface area contributed by atoms with Gasteiger partial charge in [0.2, 0.25) is 0 Å². The molecule has 2 rings (SSSR count). The molecule has 0 bridgehead atoms. The molecule has 5 heteroatoms. The molecule has 0 saturated heterocycles. The zero-order valence-electron chi connectivity index (χ0n) is 7.95. The van der Waals surface area contributed by atoms with Crippen molar-refractivity contribution in [3.63, 3.8) is 0 Å². The molecule has 0 saturated carbocycles. The van der Waals surface area contributed by atoms with Crippen LogP contribution in [0.25, 0.3) is 0 Å². The standard InChI is InChI=1S/C11H6Br2FNO/c12-7-3-9(6-15-5-7)16-11-4-8(14)1-2-10(11)13/h1-6H. The maximum Gasteiger partial charge on any atom is 0.146 e. The number of hydrogen-bond donors (Lipinski definition) is 0. The number of hydrogen-bond acceptors (Lipinski definition) is 2. The lowest BCUT2D eigenvalue weighted by atomic mass is 10.3. The third kappa shape index (κ3) is 2.80. The van der Waals surface area contributed by atoms with E-state index in [1.165, 1.54) is 12.1 Å². The second kappa shape index (κ2) is 4.93. The lowest BCUT2D eigenvalue weighted by molar-refractivity contribution is 0.471. The molecule has 82 valence electrons. The lowest BCUT2D eigenvalue weighted by Crippen LogP contribution is -1.87. The van der Waals surface area contributed by atoms with Crippen molar-refractivity contribution in [2.24, 2.45) is 0 Å². The van der Waals surface area contributed by atoms with E-state index in [1.807, 2.05) is 0 Å². The molecular weight excluding hydrogens is 341 g/mol. The molecule has 0 fully saturated rings. The molecule has 2 aromatic rings. The van der Waals surface area contributed by atoms with Gasteiger partial charge in [-0.25, -0.2) is 4.39 Å². The Morgan fingerprint density at radius 2 is 1.94 bits per heavy atom. The average Bonchev–Trinajstić information content (AvgIpc) is 2.24. The molecule has 16 heavy (non-hydrogen) atoms. The van der Waals surface area contributed by atoms with Crippen LogP contribution in [-0.2, 0) is 0 Å². The molecule has 0 aliphatic heterocycles. The van der Waals surface area contributed by atoms with Crippen LogP contribution in [0, 0.1) is 5.82 Å². The Morgan fingerprint density at radius 3 is 2.69 bits per heavy atom. The van der Waals surface area contributed by atoms with E-state index in [1.54, 1.807) is 24.5 Å². The lowest BCUT2D eigenvalue weighted by Gasteiger charge is -2.07. The van der Waals surface area contributed by atoms with Crippen molar-refractivity contribution >= 4 is 31.9 Å². The second-order valence-corrected chi connectivity index (χ2v) is 4.79. The van der Waals surface area contributed by atoms with Gasteiger partial charge < -0.3 is 4.74 Å². The summed E-state index contributed by atoms with van der Waals surface area (Å²) in [5.74, 6) is 0.613. The Bertz CT molecular complexity index is 519.